The van der Waals surface area contributed by atoms with Gasteiger partial charge in [0.2, 0.25) is 0 Å². The van der Waals surface area contributed by atoms with Crippen molar-refractivity contribution in [3.05, 3.63) is 46.1 Å². The molecule has 3 heteroatoms. The second kappa shape index (κ2) is 5.72. The third kappa shape index (κ3) is 2.68. The molecule has 2 nitrogen and oxygen atoms in total. The molecule has 0 spiro atoms. The van der Waals surface area contributed by atoms with Crippen molar-refractivity contribution in [1.29, 1.82) is 0 Å². The number of halogens is 1. The molecule has 0 amide bonds. The number of furan rings is 1. The first-order chi connectivity index (χ1) is 8.65. The third-order valence-corrected chi connectivity index (χ3v) is 3.64. The van der Waals surface area contributed by atoms with Crippen molar-refractivity contribution < 1.29 is 4.42 Å². The maximum Gasteiger partial charge on any atom is 0.134 e. The molecule has 0 saturated heterocycles. The van der Waals surface area contributed by atoms with E-state index in [9.17, 15) is 0 Å². The molecule has 2 rings (SSSR count). The Balaban J connectivity index is 2.39. The Morgan fingerprint density at radius 1 is 1.22 bits per heavy atom. The highest BCUT2D eigenvalue weighted by Gasteiger charge is 2.12. The number of hydrogen-bond donors (Lipinski definition) is 1. The van der Waals surface area contributed by atoms with E-state index >= 15 is 0 Å². The molecule has 1 aromatic carbocycles. The van der Waals surface area contributed by atoms with Crippen molar-refractivity contribution in [2.24, 2.45) is 5.73 Å². The van der Waals surface area contributed by atoms with Gasteiger partial charge >= 0.3 is 0 Å². The molecule has 0 radical (unpaired) electrons. The maximum atomic E-state index is 5.98. The molecule has 1 heterocycles. The van der Waals surface area contributed by atoms with Gasteiger partial charge in [0.05, 0.1) is 6.04 Å². The van der Waals surface area contributed by atoms with Gasteiger partial charge in [0.1, 0.15) is 11.5 Å². The fraction of sp³-hybridized carbons (Fsp3) is 0.333. The van der Waals surface area contributed by atoms with Gasteiger partial charge in [-0.25, -0.2) is 0 Å². The molecule has 0 aliphatic heterocycles. The van der Waals surface area contributed by atoms with E-state index in [1.807, 2.05) is 18.2 Å². The van der Waals surface area contributed by atoms with Crippen LogP contribution in [0.4, 0.5) is 0 Å². The third-order valence-electron chi connectivity index (χ3n) is 3.15. The Kier molecular flexibility index (Phi) is 4.25. The number of rotatable bonds is 4. The largest absolute Gasteiger partial charge is 0.459 e. The second-order valence-corrected chi connectivity index (χ2v) is 5.29. The van der Waals surface area contributed by atoms with E-state index in [1.165, 1.54) is 5.56 Å². The lowest BCUT2D eigenvalue weighted by Crippen LogP contribution is -2.06. The topological polar surface area (TPSA) is 39.2 Å². The average molecular weight is 308 g/mol. The van der Waals surface area contributed by atoms with Gasteiger partial charge in [-0.15, -0.1) is 0 Å². The molecule has 0 saturated carbocycles. The molecule has 1 atom stereocenters. The minimum Gasteiger partial charge on any atom is -0.459 e. The molecular formula is C15H18BrNO. The molecule has 0 bridgehead atoms. The van der Waals surface area contributed by atoms with Crippen LogP contribution in [-0.4, -0.2) is 0 Å². The molecule has 2 aromatic rings. The van der Waals surface area contributed by atoms with Gasteiger partial charge in [0.15, 0.2) is 0 Å². The summed E-state index contributed by atoms with van der Waals surface area (Å²) in [5.41, 5.74) is 8.40. The normalized spacial score (nSPS) is 12.7. The lowest BCUT2D eigenvalue weighted by Gasteiger charge is -2.07. The Morgan fingerprint density at radius 2 is 2.00 bits per heavy atom. The summed E-state index contributed by atoms with van der Waals surface area (Å²) in [5, 5.41) is 0. The quantitative estimate of drug-likeness (QED) is 0.890. The van der Waals surface area contributed by atoms with Crippen molar-refractivity contribution in [2.45, 2.75) is 32.7 Å². The Hall–Kier alpha value is -1.06. The van der Waals surface area contributed by atoms with Crippen LogP contribution in [0.15, 0.2) is 39.2 Å². The molecule has 2 N–H and O–H groups in total. The highest BCUT2D eigenvalue weighted by molar-refractivity contribution is 9.10. The van der Waals surface area contributed by atoms with Gasteiger partial charge < -0.3 is 10.2 Å². The zero-order valence-corrected chi connectivity index (χ0v) is 12.3. The average Bonchev–Trinajstić information content (AvgIpc) is 2.87. The minimum atomic E-state index is -0.0146. The van der Waals surface area contributed by atoms with Crippen LogP contribution < -0.4 is 5.73 Å². The van der Waals surface area contributed by atoms with Gasteiger partial charge in [-0.2, -0.15) is 0 Å². The predicted molar refractivity (Wildman–Crippen MR) is 78.4 cm³/mol. The number of aryl methyl sites for hydroxylation is 1. The Morgan fingerprint density at radius 3 is 2.67 bits per heavy atom. The molecule has 0 aliphatic rings. The van der Waals surface area contributed by atoms with Crippen molar-refractivity contribution in [2.75, 3.05) is 0 Å². The lowest BCUT2D eigenvalue weighted by atomic mass is 10.0. The Bertz CT molecular complexity index is 533. The van der Waals surface area contributed by atoms with E-state index in [0.29, 0.717) is 0 Å². The van der Waals surface area contributed by atoms with Crippen LogP contribution in [0.2, 0.25) is 0 Å². The van der Waals surface area contributed by atoms with E-state index in [2.05, 4.69) is 41.9 Å². The van der Waals surface area contributed by atoms with Crippen LogP contribution in [0.3, 0.4) is 0 Å². The van der Waals surface area contributed by atoms with Gasteiger partial charge in [0.25, 0.3) is 0 Å². The first-order valence-electron chi connectivity index (χ1n) is 6.29. The van der Waals surface area contributed by atoms with Crippen LogP contribution in [0, 0.1) is 0 Å². The van der Waals surface area contributed by atoms with Gasteiger partial charge in [-0.05, 0) is 48.7 Å². The summed E-state index contributed by atoms with van der Waals surface area (Å²) in [6.07, 6.45) is 1.86. The van der Waals surface area contributed by atoms with Gasteiger partial charge in [-0.1, -0.05) is 29.8 Å². The number of benzene rings is 1. The van der Waals surface area contributed by atoms with E-state index in [1.54, 1.807) is 0 Å². The highest BCUT2D eigenvalue weighted by Crippen LogP contribution is 2.30. The van der Waals surface area contributed by atoms with Crippen LogP contribution in [0.1, 0.15) is 37.6 Å². The molecule has 18 heavy (non-hydrogen) atoms. The monoisotopic (exact) mass is 307 g/mol. The van der Waals surface area contributed by atoms with E-state index in [4.69, 9.17) is 10.2 Å². The van der Waals surface area contributed by atoms with E-state index < -0.39 is 0 Å². The summed E-state index contributed by atoms with van der Waals surface area (Å²) < 4.78 is 6.96. The summed E-state index contributed by atoms with van der Waals surface area (Å²) in [6, 6.07) is 10.2. The molecule has 0 aliphatic carbocycles. The number of nitrogens with two attached hydrogens (primary N) is 1. The van der Waals surface area contributed by atoms with Crippen LogP contribution >= 0.6 is 15.9 Å². The molecule has 1 aromatic heterocycles. The van der Waals surface area contributed by atoms with Gasteiger partial charge in [0, 0.05) is 10.0 Å². The van der Waals surface area contributed by atoms with Crippen LogP contribution in [0.25, 0.3) is 11.3 Å². The lowest BCUT2D eigenvalue weighted by molar-refractivity contribution is 0.470. The molecular weight excluding hydrogens is 290 g/mol. The SMILES string of the molecule is CCc1cc(Br)ccc1-c1ccc(C(N)CC)o1. The van der Waals surface area contributed by atoms with Crippen molar-refractivity contribution in [1.82, 2.24) is 0 Å². The van der Waals surface area contributed by atoms with E-state index in [-0.39, 0.29) is 6.04 Å². The number of hydrogen-bond acceptors (Lipinski definition) is 2. The second-order valence-electron chi connectivity index (χ2n) is 4.37. The van der Waals surface area contributed by atoms with Gasteiger partial charge in [-0.3, -0.25) is 0 Å². The van der Waals surface area contributed by atoms with E-state index in [0.717, 1.165) is 34.4 Å². The highest BCUT2D eigenvalue weighted by atomic mass is 79.9. The molecule has 96 valence electrons. The fourth-order valence-electron chi connectivity index (χ4n) is 1.99. The standard InChI is InChI=1S/C15H18BrNO/c1-3-10-9-11(16)5-6-12(10)14-7-8-15(18-14)13(17)4-2/h5-9,13H,3-4,17H2,1-2H3. The first-order valence-corrected chi connectivity index (χ1v) is 7.09. The smallest absolute Gasteiger partial charge is 0.134 e. The van der Waals surface area contributed by atoms with Crippen molar-refractivity contribution in [3.8, 4) is 11.3 Å². The fourth-order valence-corrected chi connectivity index (χ4v) is 2.40. The summed E-state index contributed by atoms with van der Waals surface area (Å²) >= 11 is 3.50. The summed E-state index contributed by atoms with van der Waals surface area (Å²) in [4.78, 5) is 0. The Labute approximate surface area is 116 Å². The summed E-state index contributed by atoms with van der Waals surface area (Å²) in [5.74, 6) is 1.76. The predicted octanol–water partition coefficient (Wildman–Crippen LogP) is 4.68. The zero-order chi connectivity index (χ0) is 13.1. The first kappa shape index (κ1) is 13.4. The minimum absolute atomic E-state index is 0.0146. The molecule has 0 fully saturated rings. The van der Waals surface area contributed by atoms with Crippen LogP contribution in [-0.2, 0) is 6.42 Å². The molecule has 1 unspecified atom stereocenters. The summed E-state index contributed by atoms with van der Waals surface area (Å²) in [6.45, 7) is 4.21. The summed E-state index contributed by atoms with van der Waals surface area (Å²) in [7, 11) is 0. The zero-order valence-electron chi connectivity index (χ0n) is 10.7. The van der Waals surface area contributed by atoms with Crippen molar-refractivity contribution >= 4 is 15.9 Å². The maximum absolute atomic E-state index is 5.98. The van der Waals surface area contributed by atoms with Crippen molar-refractivity contribution in [3.63, 3.8) is 0 Å². The van der Waals surface area contributed by atoms with Crippen LogP contribution in [0.5, 0.6) is 0 Å².